The van der Waals surface area contributed by atoms with Crippen LogP contribution in [0.4, 0.5) is 0 Å². The van der Waals surface area contributed by atoms with Gasteiger partial charge in [-0.15, -0.1) is 0 Å². The van der Waals surface area contributed by atoms with E-state index in [0.717, 1.165) is 173 Å². The number of aromatic amines is 2. The van der Waals surface area contributed by atoms with Crippen molar-refractivity contribution in [3.63, 3.8) is 0 Å². The van der Waals surface area contributed by atoms with Gasteiger partial charge >= 0.3 is 0 Å². The number of allylic oxidation sites excluding steroid dienone is 2. The van der Waals surface area contributed by atoms with Crippen LogP contribution in [0.5, 0.6) is 17.2 Å². The van der Waals surface area contributed by atoms with Crippen LogP contribution in [0.25, 0.3) is 50.7 Å². The average Bonchev–Trinajstić information content (AvgIpc) is 1.59. The second-order valence-electron chi connectivity index (χ2n) is 36.3. The Balaban J connectivity index is 0.000000173. The smallest absolute Gasteiger partial charge is 0.297 e. The molecular formula is C105H118Cl4N14O13S2. The number of pyridine rings is 1. The highest BCUT2D eigenvalue weighted by atomic mass is 35.5. The summed E-state index contributed by atoms with van der Waals surface area (Å²) in [6.45, 7) is 36.4. The number of sulfonamides is 2. The highest BCUT2D eigenvalue weighted by Crippen LogP contribution is 2.49. The van der Waals surface area contributed by atoms with Gasteiger partial charge in [0.2, 0.25) is 10.2 Å². The number of aryl methyl sites for hydroxylation is 9. The highest BCUT2D eigenvalue weighted by Gasteiger charge is 2.38. The molecule has 12 aromatic rings. The zero-order valence-electron chi connectivity index (χ0n) is 81.0. The van der Waals surface area contributed by atoms with Gasteiger partial charge in [0.15, 0.2) is 11.5 Å². The largest absolute Gasteiger partial charge is 0.494 e. The lowest BCUT2D eigenvalue weighted by Crippen LogP contribution is -2.41. The summed E-state index contributed by atoms with van der Waals surface area (Å²) < 4.78 is 91.2. The number of halogens is 4. The first-order valence-electron chi connectivity index (χ1n) is 46.2. The molecule has 16 rings (SSSR count). The molecule has 4 aliphatic rings. The standard InChI is InChI=1S/C41H49Cl2N5O6S.C40H41Cl2N5O6S.C24H28N4O/c1-23(2)48-16-14-28(15-17-48)22-44-41(50)35-12-13-36(54-35)55(51,52)46-40(49)33-21-32-31(10-11-34(42)38(32)37-26(5)45-47(7)27(37)6)30(33)9-8-18-53-29-19-24(3)39(43)25(4)20-29;1-22(2)47-26(6)36(25(5)45-47)37-31-20-32(29(30(31)9-10-33(37)41)8-7-17-52-28-18-23(3)38(42)24(4)19-28)39(48)46-54(50,51)35-12-11-34(53-35)40(49)44-21-27-13-15-43-16-14-27;1-14(2)25-13-18-17-8-6-7-9-19(17)28-24(18)22-12-23(29-5)21(27-22)11-20-15(3)10-16(4)26-20/h10-13,19-20,23,28H,8-9,14-18,21-22H2,1-7H3,(H,44,50)(H,46,49);9-16,18-19,22H,7-8,17,20-21H2,1-6H3,(H,44,49)(H,46,48);6-12,14,25-27H,13H2,1-5H3/b;;21-11-,24-22?. The number of aromatic nitrogens is 7. The van der Waals surface area contributed by atoms with Gasteiger partial charge in [-0.25, -0.2) is 14.4 Å². The Hall–Kier alpha value is -12.1. The van der Waals surface area contributed by atoms with Crippen LogP contribution in [-0.4, -0.2) is 138 Å². The van der Waals surface area contributed by atoms with Gasteiger partial charge in [-0.3, -0.25) is 33.5 Å². The number of hydrogen-bond acceptors (Lipinski definition) is 19. The van der Waals surface area contributed by atoms with Crippen LogP contribution < -0.4 is 60.9 Å². The third kappa shape index (κ3) is 22.9. The third-order valence-corrected chi connectivity index (χ3v) is 29.6. The van der Waals surface area contributed by atoms with Crippen LogP contribution >= 0.6 is 46.4 Å². The minimum atomic E-state index is -4.51. The van der Waals surface area contributed by atoms with Crippen LogP contribution in [0.1, 0.15) is 197 Å². The van der Waals surface area contributed by atoms with Crippen LogP contribution in [0, 0.1) is 75.2 Å². The number of benzene rings is 5. The molecule has 5 aromatic carbocycles. The molecule has 726 valence electrons. The number of furan rings is 2. The fourth-order valence-electron chi connectivity index (χ4n) is 18.3. The number of amides is 4. The summed E-state index contributed by atoms with van der Waals surface area (Å²) in [5.74, 6) is -0.562. The van der Waals surface area contributed by atoms with Crippen molar-refractivity contribution in [1.82, 2.24) is 64.8 Å². The van der Waals surface area contributed by atoms with Crippen molar-refractivity contribution in [2.75, 3.05) is 46.5 Å². The number of nitrogens with zero attached hydrogens (tertiary/aromatic N) is 7. The van der Waals surface area contributed by atoms with E-state index in [1.54, 1.807) is 48.5 Å². The van der Waals surface area contributed by atoms with Crippen LogP contribution in [0.15, 0.2) is 169 Å². The second kappa shape index (κ2) is 43.5. The molecule has 1 fully saturated rings. The van der Waals surface area contributed by atoms with Gasteiger partial charge in [0.25, 0.3) is 43.7 Å². The van der Waals surface area contributed by atoms with Crippen molar-refractivity contribution in [2.24, 2.45) is 18.0 Å². The molecule has 0 atom stereocenters. The van der Waals surface area contributed by atoms with Crippen molar-refractivity contribution in [1.29, 1.82) is 0 Å². The maximum absolute atomic E-state index is 14.1. The minimum absolute atomic E-state index is 0.107. The first kappa shape index (κ1) is 102. The summed E-state index contributed by atoms with van der Waals surface area (Å²) in [4.78, 5) is 72.0. The predicted molar refractivity (Wildman–Crippen MR) is 541 cm³/mol. The molecule has 7 N–H and O–H groups in total. The zero-order valence-corrected chi connectivity index (χ0v) is 85.6. The number of methoxy groups -OCH3 is 1. The number of piperidine rings is 1. The van der Waals surface area contributed by atoms with Crippen molar-refractivity contribution in [3.05, 3.63) is 288 Å². The Labute approximate surface area is 825 Å². The van der Waals surface area contributed by atoms with Crippen molar-refractivity contribution < 1.29 is 59.1 Å². The monoisotopic (exact) mass is 1990 g/mol. The van der Waals surface area contributed by atoms with Gasteiger partial charge in [0.1, 0.15) is 17.2 Å². The molecule has 0 saturated carbocycles. The fraction of sp³-hybridized carbons (Fsp3) is 0.352. The number of nitrogens with one attached hydrogen (secondary N) is 7. The van der Waals surface area contributed by atoms with Gasteiger partial charge in [-0.05, 0) is 312 Å². The molecule has 138 heavy (non-hydrogen) atoms. The minimum Gasteiger partial charge on any atom is -0.494 e. The first-order valence-corrected chi connectivity index (χ1v) is 50.7. The van der Waals surface area contributed by atoms with Gasteiger partial charge in [0.05, 0.1) is 53.5 Å². The van der Waals surface area contributed by atoms with Crippen LogP contribution in [-0.2, 0) is 56.1 Å². The van der Waals surface area contributed by atoms with E-state index < -0.39 is 53.9 Å². The number of carbonyl (C=O) groups is 4. The van der Waals surface area contributed by atoms with Crippen LogP contribution in [0.2, 0.25) is 20.1 Å². The number of fused-ring (bicyclic) bond motifs is 3. The second-order valence-corrected chi connectivity index (χ2v) is 41.1. The van der Waals surface area contributed by atoms with Gasteiger partial charge in [-0.1, -0.05) is 90.6 Å². The summed E-state index contributed by atoms with van der Waals surface area (Å²) in [5.41, 5.74) is 22.0. The van der Waals surface area contributed by atoms with E-state index in [0.29, 0.717) is 112 Å². The van der Waals surface area contributed by atoms with Crippen LogP contribution in [0.3, 0.4) is 0 Å². The summed E-state index contributed by atoms with van der Waals surface area (Å²) >= 11 is 26.5. The molecule has 7 aromatic heterocycles. The molecule has 0 spiro atoms. The fourth-order valence-corrected chi connectivity index (χ4v) is 20.9. The van der Waals surface area contributed by atoms with E-state index in [1.165, 1.54) is 34.6 Å². The Morgan fingerprint density at radius 1 is 0.565 bits per heavy atom. The molecule has 1 saturated heterocycles. The van der Waals surface area contributed by atoms with Crippen molar-refractivity contribution in [3.8, 4) is 39.5 Å². The van der Waals surface area contributed by atoms with E-state index in [1.807, 2.05) is 116 Å². The Morgan fingerprint density at radius 3 is 1.56 bits per heavy atom. The quantitative estimate of drug-likeness (QED) is 0.0198. The normalized spacial score (nSPS) is 14.3. The number of rotatable bonds is 31. The third-order valence-electron chi connectivity index (χ3n) is 25.4. The lowest BCUT2D eigenvalue weighted by atomic mass is 9.93. The maximum atomic E-state index is 14.1. The Bertz CT molecular complexity index is 7250. The highest BCUT2D eigenvalue weighted by molar-refractivity contribution is 7.90. The van der Waals surface area contributed by atoms with E-state index in [-0.39, 0.29) is 42.5 Å². The van der Waals surface area contributed by atoms with Crippen molar-refractivity contribution in [2.45, 2.75) is 197 Å². The molecule has 0 unspecified atom stereocenters. The molecule has 0 radical (unpaired) electrons. The molecule has 33 heteroatoms. The molecule has 4 amide bonds. The predicted octanol–water partition coefficient (Wildman–Crippen LogP) is 17.4. The molecular weight excluding hydrogens is 1870 g/mol. The maximum Gasteiger partial charge on any atom is 0.297 e. The summed E-state index contributed by atoms with van der Waals surface area (Å²) in [5, 5.41) is 23.9. The summed E-state index contributed by atoms with van der Waals surface area (Å²) in [6, 6.07) is 36.7. The number of hydrogen-bond donors (Lipinski definition) is 7. The van der Waals surface area contributed by atoms with Gasteiger partial charge in [0, 0.05) is 163 Å². The molecule has 27 nitrogen and oxygen atoms in total. The number of likely N-dealkylation sites (tertiary alicyclic amines) is 1. The molecule has 9 heterocycles. The van der Waals surface area contributed by atoms with Crippen molar-refractivity contribution >= 4 is 119 Å². The Morgan fingerprint density at radius 2 is 1.08 bits per heavy atom. The number of H-pyrrole nitrogens is 2. The first-order chi connectivity index (χ1) is 65.7. The average molecular weight is 1990 g/mol. The lowest BCUT2D eigenvalue weighted by Gasteiger charge is -2.34. The van der Waals surface area contributed by atoms with E-state index in [4.69, 9.17) is 79.5 Å². The van der Waals surface area contributed by atoms with E-state index in [2.05, 4.69) is 136 Å². The topological polar surface area (TPSA) is 346 Å². The Kier molecular flexibility index (Phi) is 32.1. The summed E-state index contributed by atoms with van der Waals surface area (Å²) in [7, 11) is -5.43. The molecule has 0 bridgehead atoms. The number of para-hydroxylation sites is 1. The molecule has 2 aliphatic heterocycles. The molecule has 2 aliphatic carbocycles. The van der Waals surface area contributed by atoms with E-state index >= 15 is 0 Å². The number of carbonyl (C=O) groups excluding carboxylic acids is 4. The lowest BCUT2D eigenvalue weighted by molar-refractivity contribution is -0.116. The zero-order chi connectivity index (χ0) is 99.2. The van der Waals surface area contributed by atoms with Gasteiger partial charge < -0.3 is 53.9 Å². The SMILES string of the molecule is COc1cc(=C2N=c3ccccc3=C2CNC(C)C)[nH]/c1=C\c1[nH]c(C)cc1C.Cc1cc(OCCCC2=C(C(=O)NS(=O)(=O)c3ccc(C(=O)NCC4CCN(C(C)C)CC4)o3)Cc3c2ccc(Cl)c3-c2c(C)nn(C)c2C)cc(C)c1Cl.Cc1cc(OCCCC2=C(C(=O)NS(=O)(=O)c3ccc(C(=O)NCc4ccncc4)o3)Cc3c2ccc(Cl)c3-c2c(C)nn(C(C)C)c2C)cc(C)c1Cl. The summed E-state index contributed by atoms with van der Waals surface area (Å²) in [6.07, 6.45) is 9.40. The van der Waals surface area contributed by atoms with Gasteiger partial charge in [-0.2, -0.15) is 27.0 Å². The number of ether oxygens (including phenoxy) is 3. The van der Waals surface area contributed by atoms with E-state index in [9.17, 15) is 36.0 Å².